The van der Waals surface area contributed by atoms with Crippen molar-refractivity contribution in [3.05, 3.63) is 0 Å². The van der Waals surface area contributed by atoms with Crippen molar-refractivity contribution >= 4 is 0 Å². The zero-order valence-corrected chi connectivity index (χ0v) is 9.14. The maximum Gasteiger partial charge on any atom is 0.0229 e. The van der Waals surface area contributed by atoms with Gasteiger partial charge in [-0.3, -0.25) is 0 Å². The van der Waals surface area contributed by atoms with Gasteiger partial charge >= 0.3 is 0 Å². The quantitative estimate of drug-likeness (QED) is 0.652. The van der Waals surface area contributed by atoms with Crippen LogP contribution in [-0.2, 0) is 0 Å². The Bertz CT molecular complexity index is 138. The molecule has 1 fully saturated rings. The summed E-state index contributed by atoms with van der Waals surface area (Å²) >= 11 is 0. The fourth-order valence-electron chi connectivity index (χ4n) is 2.26. The molecule has 3 nitrogen and oxygen atoms in total. The van der Waals surface area contributed by atoms with Crippen molar-refractivity contribution in [2.75, 3.05) is 40.8 Å². The third-order valence-electron chi connectivity index (χ3n) is 3.02. The molecule has 0 saturated carbocycles. The molecule has 0 aliphatic carbocycles. The Labute approximate surface area is 81.9 Å². The van der Waals surface area contributed by atoms with Crippen molar-refractivity contribution in [3.63, 3.8) is 0 Å². The smallest absolute Gasteiger partial charge is 0.0229 e. The number of hydrogen-bond acceptors (Lipinski definition) is 3. The molecule has 0 spiro atoms. The van der Waals surface area contributed by atoms with Gasteiger partial charge in [-0.2, -0.15) is 0 Å². The Kier molecular flexibility index (Phi) is 4.70. The monoisotopic (exact) mass is 185 g/mol. The standard InChI is InChI=1S/C10H23N3/c1-11-7-10(12-2)9-5-4-6-13(3)8-9/h9-12H,4-8H2,1-3H3. The highest BCUT2D eigenvalue weighted by Gasteiger charge is 2.23. The third kappa shape index (κ3) is 3.25. The van der Waals surface area contributed by atoms with Crippen molar-refractivity contribution < 1.29 is 0 Å². The van der Waals surface area contributed by atoms with Gasteiger partial charge in [0.2, 0.25) is 0 Å². The van der Waals surface area contributed by atoms with E-state index in [0.717, 1.165) is 12.5 Å². The normalized spacial score (nSPS) is 27.5. The van der Waals surface area contributed by atoms with Gasteiger partial charge in [0.05, 0.1) is 0 Å². The van der Waals surface area contributed by atoms with Gasteiger partial charge in [-0.25, -0.2) is 0 Å². The van der Waals surface area contributed by atoms with Crippen LogP contribution in [0.25, 0.3) is 0 Å². The summed E-state index contributed by atoms with van der Waals surface area (Å²) in [5.74, 6) is 0.816. The van der Waals surface area contributed by atoms with E-state index in [0.29, 0.717) is 6.04 Å². The Morgan fingerprint density at radius 3 is 2.77 bits per heavy atom. The van der Waals surface area contributed by atoms with Crippen LogP contribution in [0, 0.1) is 5.92 Å². The summed E-state index contributed by atoms with van der Waals surface area (Å²) in [5, 5.41) is 6.65. The van der Waals surface area contributed by atoms with Crippen LogP contribution in [0.1, 0.15) is 12.8 Å². The number of hydrogen-bond donors (Lipinski definition) is 2. The van der Waals surface area contributed by atoms with E-state index < -0.39 is 0 Å². The van der Waals surface area contributed by atoms with E-state index in [9.17, 15) is 0 Å². The second-order valence-electron chi connectivity index (χ2n) is 4.12. The molecule has 1 rings (SSSR count). The fraction of sp³-hybridized carbons (Fsp3) is 1.00. The van der Waals surface area contributed by atoms with Crippen molar-refractivity contribution in [1.29, 1.82) is 0 Å². The molecular formula is C10H23N3. The van der Waals surface area contributed by atoms with Gasteiger partial charge in [0, 0.05) is 19.1 Å². The first kappa shape index (κ1) is 11.0. The lowest BCUT2D eigenvalue weighted by atomic mass is 9.91. The van der Waals surface area contributed by atoms with E-state index in [-0.39, 0.29) is 0 Å². The molecule has 0 radical (unpaired) electrons. The molecule has 1 aliphatic heterocycles. The molecule has 0 aromatic rings. The van der Waals surface area contributed by atoms with E-state index in [1.807, 2.05) is 7.05 Å². The Balaban J connectivity index is 2.37. The topological polar surface area (TPSA) is 27.3 Å². The van der Waals surface area contributed by atoms with Crippen LogP contribution >= 0.6 is 0 Å². The molecule has 13 heavy (non-hydrogen) atoms. The summed E-state index contributed by atoms with van der Waals surface area (Å²) in [6.45, 7) is 3.59. The first-order valence-electron chi connectivity index (χ1n) is 5.28. The summed E-state index contributed by atoms with van der Waals surface area (Å²) in [5.41, 5.74) is 0. The average Bonchev–Trinajstić information content (AvgIpc) is 2.14. The Morgan fingerprint density at radius 2 is 2.23 bits per heavy atom. The summed E-state index contributed by atoms with van der Waals surface area (Å²) < 4.78 is 0. The predicted molar refractivity (Wildman–Crippen MR) is 57.0 cm³/mol. The van der Waals surface area contributed by atoms with Gasteiger partial charge < -0.3 is 15.5 Å². The van der Waals surface area contributed by atoms with E-state index in [2.05, 4.69) is 29.6 Å². The molecular weight excluding hydrogens is 162 g/mol. The lowest BCUT2D eigenvalue weighted by molar-refractivity contribution is 0.176. The molecule has 1 saturated heterocycles. The summed E-state index contributed by atoms with van der Waals surface area (Å²) in [4.78, 5) is 2.44. The third-order valence-corrected chi connectivity index (χ3v) is 3.02. The van der Waals surface area contributed by atoms with Crippen molar-refractivity contribution in [3.8, 4) is 0 Å². The van der Waals surface area contributed by atoms with E-state index >= 15 is 0 Å². The van der Waals surface area contributed by atoms with Gasteiger partial charge in [-0.1, -0.05) is 0 Å². The molecule has 2 unspecified atom stereocenters. The van der Waals surface area contributed by atoms with Crippen LogP contribution in [0.2, 0.25) is 0 Å². The highest BCUT2D eigenvalue weighted by Crippen LogP contribution is 2.18. The zero-order valence-electron chi connectivity index (χ0n) is 9.14. The van der Waals surface area contributed by atoms with Crippen LogP contribution < -0.4 is 10.6 Å². The second kappa shape index (κ2) is 5.58. The van der Waals surface area contributed by atoms with Crippen LogP contribution in [0.3, 0.4) is 0 Å². The minimum Gasteiger partial charge on any atom is -0.318 e. The van der Waals surface area contributed by atoms with Crippen LogP contribution in [-0.4, -0.2) is 51.7 Å². The largest absolute Gasteiger partial charge is 0.318 e. The van der Waals surface area contributed by atoms with E-state index in [1.54, 1.807) is 0 Å². The van der Waals surface area contributed by atoms with Gasteiger partial charge in [0.25, 0.3) is 0 Å². The molecule has 3 heteroatoms. The van der Waals surface area contributed by atoms with Crippen LogP contribution in [0.15, 0.2) is 0 Å². The maximum atomic E-state index is 3.40. The summed E-state index contributed by atoms with van der Waals surface area (Å²) in [6.07, 6.45) is 2.72. The molecule has 2 atom stereocenters. The lowest BCUT2D eigenvalue weighted by Crippen LogP contribution is -2.47. The SMILES string of the molecule is CNCC(NC)C1CCCN(C)C1. The van der Waals surface area contributed by atoms with Crippen molar-refractivity contribution in [1.82, 2.24) is 15.5 Å². The molecule has 1 aliphatic rings. The molecule has 78 valence electrons. The molecule has 1 heterocycles. The van der Waals surface area contributed by atoms with Crippen molar-refractivity contribution in [2.24, 2.45) is 5.92 Å². The van der Waals surface area contributed by atoms with Crippen LogP contribution in [0.4, 0.5) is 0 Å². The number of nitrogens with zero attached hydrogens (tertiary/aromatic N) is 1. The van der Waals surface area contributed by atoms with E-state index in [1.165, 1.54) is 25.9 Å². The van der Waals surface area contributed by atoms with Crippen molar-refractivity contribution in [2.45, 2.75) is 18.9 Å². The number of nitrogens with one attached hydrogen (secondary N) is 2. The molecule has 0 amide bonds. The zero-order chi connectivity index (χ0) is 9.68. The highest BCUT2D eigenvalue weighted by atomic mass is 15.1. The molecule has 2 N–H and O–H groups in total. The van der Waals surface area contributed by atoms with Gasteiger partial charge in [0.15, 0.2) is 0 Å². The second-order valence-corrected chi connectivity index (χ2v) is 4.12. The van der Waals surface area contributed by atoms with E-state index in [4.69, 9.17) is 0 Å². The molecule has 0 aromatic carbocycles. The lowest BCUT2D eigenvalue weighted by Gasteiger charge is -2.34. The van der Waals surface area contributed by atoms with Crippen LogP contribution in [0.5, 0.6) is 0 Å². The molecule has 0 bridgehead atoms. The minimum absolute atomic E-state index is 0.632. The Morgan fingerprint density at radius 1 is 1.46 bits per heavy atom. The number of piperidine rings is 1. The first-order chi connectivity index (χ1) is 6.27. The number of likely N-dealkylation sites (tertiary alicyclic amines) is 1. The minimum atomic E-state index is 0.632. The maximum absolute atomic E-state index is 3.40. The number of rotatable bonds is 4. The predicted octanol–water partition coefficient (Wildman–Crippen LogP) is 0.136. The average molecular weight is 185 g/mol. The Hall–Kier alpha value is -0.120. The fourth-order valence-corrected chi connectivity index (χ4v) is 2.26. The van der Waals surface area contributed by atoms with Gasteiger partial charge in [-0.15, -0.1) is 0 Å². The number of likely N-dealkylation sites (N-methyl/N-ethyl adjacent to an activating group) is 2. The first-order valence-corrected chi connectivity index (χ1v) is 5.28. The summed E-state index contributed by atoms with van der Waals surface area (Å²) in [7, 11) is 6.31. The molecule has 0 aromatic heterocycles. The highest BCUT2D eigenvalue weighted by molar-refractivity contribution is 4.82. The van der Waals surface area contributed by atoms with Gasteiger partial charge in [-0.05, 0) is 46.4 Å². The van der Waals surface area contributed by atoms with Gasteiger partial charge in [0.1, 0.15) is 0 Å². The summed E-state index contributed by atoms with van der Waals surface area (Å²) in [6, 6.07) is 0.632.